The van der Waals surface area contributed by atoms with E-state index in [4.69, 9.17) is 10.6 Å². The van der Waals surface area contributed by atoms with Gasteiger partial charge < -0.3 is 15.1 Å². The van der Waals surface area contributed by atoms with E-state index in [1.165, 1.54) is 42.3 Å². The fourth-order valence-corrected chi connectivity index (χ4v) is 3.96. The highest BCUT2D eigenvalue weighted by Gasteiger charge is 2.49. The van der Waals surface area contributed by atoms with E-state index in [-0.39, 0.29) is 26.2 Å². The van der Waals surface area contributed by atoms with Crippen LogP contribution in [0.3, 0.4) is 0 Å². The van der Waals surface area contributed by atoms with Crippen molar-refractivity contribution in [1.29, 1.82) is 0 Å². The lowest BCUT2D eigenvalue weighted by molar-refractivity contribution is -0.0201. The third kappa shape index (κ3) is 3.98. The molecule has 2 N–H and O–H groups in total. The Morgan fingerprint density at radius 1 is 1.39 bits per heavy atom. The van der Waals surface area contributed by atoms with Gasteiger partial charge in [0.1, 0.15) is 28.9 Å². The molecule has 4 rings (SSSR count). The van der Waals surface area contributed by atoms with Crippen molar-refractivity contribution in [1.82, 2.24) is 19.4 Å². The van der Waals surface area contributed by atoms with Crippen molar-refractivity contribution in [2.45, 2.75) is 18.5 Å². The van der Waals surface area contributed by atoms with Gasteiger partial charge in [0.15, 0.2) is 0 Å². The van der Waals surface area contributed by atoms with Crippen molar-refractivity contribution in [2.75, 3.05) is 33.9 Å². The Balaban J connectivity index is 1.88. The molecule has 164 valence electrons. The molecule has 1 atom stereocenters. The zero-order valence-corrected chi connectivity index (χ0v) is 17.1. The van der Waals surface area contributed by atoms with Crippen LogP contribution in [0.5, 0.6) is 0 Å². The number of benzene rings is 1. The molecule has 0 amide bonds. The summed E-state index contributed by atoms with van der Waals surface area (Å²) in [5.74, 6) is 2.15. The van der Waals surface area contributed by atoms with Crippen molar-refractivity contribution >= 4 is 33.9 Å². The zero-order valence-electron chi connectivity index (χ0n) is 17.1. The minimum Gasteiger partial charge on any atom is -0.378 e. The summed E-state index contributed by atoms with van der Waals surface area (Å²) in [6.45, 7) is -0.0943. The maximum absolute atomic E-state index is 14.9. The predicted molar refractivity (Wildman–Crippen MR) is 112 cm³/mol. The Kier molecular flexibility index (Phi) is 5.63. The summed E-state index contributed by atoms with van der Waals surface area (Å²) >= 11 is 0. The van der Waals surface area contributed by atoms with Crippen LogP contribution in [0.15, 0.2) is 34.5 Å². The van der Waals surface area contributed by atoms with Crippen LogP contribution in [0.25, 0.3) is 21.9 Å². The first-order valence-electron chi connectivity index (χ1n) is 9.61. The summed E-state index contributed by atoms with van der Waals surface area (Å²) in [5, 5.41) is 4.00. The summed E-state index contributed by atoms with van der Waals surface area (Å²) in [5.41, 5.74) is 1.71. The number of alkyl halides is 2. The monoisotopic (exact) mass is 433 g/mol. The SMILES string of the molecule is COCC(C=NCc1nc2cnc3ccc(F)cc3c2n1C1CN(C)CC1(F)F)=NN. The average molecular weight is 433 g/mol. The number of hydrogen-bond acceptors (Lipinski definition) is 7. The molecule has 31 heavy (non-hydrogen) atoms. The number of halogens is 3. The fourth-order valence-electron chi connectivity index (χ4n) is 3.96. The van der Waals surface area contributed by atoms with Crippen LogP contribution < -0.4 is 5.84 Å². The van der Waals surface area contributed by atoms with Gasteiger partial charge in [-0.2, -0.15) is 5.10 Å². The number of pyridine rings is 1. The number of imidazole rings is 1. The van der Waals surface area contributed by atoms with Gasteiger partial charge in [-0.1, -0.05) is 0 Å². The van der Waals surface area contributed by atoms with Gasteiger partial charge in [0, 0.05) is 25.3 Å². The molecule has 1 aromatic carbocycles. The normalized spacial score (nSPS) is 19.9. The first-order valence-corrected chi connectivity index (χ1v) is 9.61. The van der Waals surface area contributed by atoms with E-state index in [2.05, 4.69) is 20.1 Å². The summed E-state index contributed by atoms with van der Waals surface area (Å²) < 4.78 is 50.4. The number of methoxy groups -OCH3 is 1. The van der Waals surface area contributed by atoms with E-state index in [0.29, 0.717) is 33.5 Å². The quantitative estimate of drug-likeness (QED) is 0.366. The second-order valence-corrected chi connectivity index (χ2v) is 7.55. The van der Waals surface area contributed by atoms with Gasteiger partial charge in [-0.05, 0) is 25.2 Å². The standard InChI is InChI=1S/C20H22F3N7O/c1-29-9-17(20(22,23)11-29)30-18(8-25-6-13(28-24)10-31-2)27-16-7-26-15-4-3-12(21)5-14(15)19(16)30/h3-7,17H,8-11,24H2,1-2H3. The Morgan fingerprint density at radius 3 is 2.87 bits per heavy atom. The van der Waals surface area contributed by atoms with Crippen LogP contribution in [0.4, 0.5) is 13.2 Å². The molecule has 0 radical (unpaired) electrons. The number of nitrogens with two attached hydrogens (primary N) is 1. The number of aliphatic imine (C=N–C) groups is 1. The van der Waals surface area contributed by atoms with E-state index >= 15 is 0 Å². The topological polar surface area (TPSA) is 93.9 Å². The molecule has 0 bridgehead atoms. The van der Waals surface area contributed by atoms with Crippen LogP contribution in [0, 0.1) is 5.82 Å². The van der Waals surface area contributed by atoms with Crippen LogP contribution in [-0.4, -0.2) is 71.1 Å². The first kappa shape index (κ1) is 21.2. The van der Waals surface area contributed by atoms with Crippen molar-refractivity contribution in [3.8, 4) is 0 Å². The molecular formula is C20H22F3N7O. The van der Waals surface area contributed by atoms with E-state index in [0.717, 1.165) is 0 Å². The molecule has 1 saturated heterocycles. The molecule has 11 heteroatoms. The number of nitrogens with zero attached hydrogens (tertiary/aromatic N) is 6. The molecule has 0 spiro atoms. The van der Waals surface area contributed by atoms with Crippen molar-refractivity contribution in [3.05, 3.63) is 36.0 Å². The van der Waals surface area contributed by atoms with Crippen molar-refractivity contribution in [3.63, 3.8) is 0 Å². The Labute approximate surface area is 176 Å². The molecule has 1 fully saturated rings. The van der Waals surface area contributed by atoms with Gasteiger partial charge in [-0.15, -0.1) is 0 Å². The number of likely N-dealkylation sites (tertiary alicyclic amines) is 1. The molecule has 2 aromatic heterocycles. The van der Waals surface area contributed by atoms with Gasteiger partial charge in [-0.3, -0.25) is 14.9 Å². The van der Waals surface area contributed by atoms with Crippen molar-refractivity contribution < 1.29 is 17.9 Å². The number of likely N-dealkylation sites (N-methyl/N-ethyl adjacent to an activating group) is 1. The number of hydrogen-bond donors (Lipinski definition) is 1. The van der Waals surface area contributed by atoms with E-state index < -0.39 is 17.8 Å². The second-order valence-electron chi connectivity index (χ2n) is 7.55. The lowest BCUT2D eigenvalue weighted by atomic mass is 10.1. The number of aromatic nitrogens is 3. The summed E-state index contributed by atoms with van der Waals surface area (Å²) in [6.07, 6.45) is 2.93. The van der Waals surface area contributed by atoms with Gasteiger partial charge >= 0.3 is 0 Å². The minimum absolute atomic E-state index is 0.00448. The summed E-state index contributed by atoms with van der Waals surface area (Å²) in [4.78, 5) is 14.6. The molecular weight excluding hydrogens is 411 g/mol. The predicted octanol–water partition coefficient (Wildman–Crippen LogP) is 2.38. The highest BCUT2D eigenvalue weighted by atomic mass is 19.3. The smallest absolute Gasteiger partial charge is 0.282 e. The second kappa shape index (κ2) is 8.23. The van der Waals surface area contributed by atoms with Gasteiger partial charge in [0.2, 0.25) is 0 Å². The van der Waals surface area contributed by atoms with Gasteiger partial charge in [-0.25, -0.2) is 18.2 Å². The molecule has 8 nitrogen and oxygen atoms in total. The molecule has 0 aliphatic carbocycles. The molecule has 3 heterocycles. The van der Waals surface area contributed by atoms with E-state index in [1.54, 1.807) is 11.9 Å². The molecule has 1 aliphatic rings. The highest BCUT2D eigenvalue weighted by Crippen LogP contribution is 2.40. The van der Waals surface area contributed by atoms with E-state index in [9.17, 15) is 13.2 Å². The number of ether oxygens (including phenoxy) is 1. The highest BCUT2D eigenvalue weighted by molar-refractivity contribution is 6.31. The van der Waals surface area contributed by atoms with Gasteiger partial charge in [0.25, 0.3) is 5.92 Å². The maximum atomic E-state index is 14.9. The lowest BCUT2D eigenvalue weighted by Gasteiger charge is -2.22. The molecule has 0 saturated carbocycles. The maximum Gasteiger partial charge on any atom is 0.282 e. The number of hydrazone groups is 1. The zero-order chi connectivity index (χ0) is 22.2. The Hall–Kier alpha value is -3.05. The van der Waals surface area contributed by atoms with E-state index in [1.807, 2.05) is 0 Å². The van der Waals surface area contributed by atoms with Crippen LogP contribution in [0.1, 0.15) is 11.9 Å². The van der Waals surface area contributed by atoms with Crippen LogP contribution in [-0.2, 0) is 11.3 Å². The first-order chi connectivity index (χ1) is 14.8. The third-order valence-electron chi connectivity index (χ3n) is 5.25. The summed E-state index contributed by atoms with van der Waals surface area (Å²) in [7, 11) is 3.13. The molecule has 1 aliphatic heterocycles. The lowest BCUT2D eigenvalue weighted by Crippen LogP contribution is -2.30. The minimum atomic E-state index is -3.00. The third-order valence-corrected chi connectivity index (χ3v) is 5.25. The number of rotatable bonds is 6. The van der Waals surface area contributed by atoms with Crippen LogP contribution in [0.2, 0.25) is 0 Å². The Morgan fingerprint density at radius 2 is 2.19 bits per heavy atom. The molecule has 1 unspecified atom stereocenters. The van der Waals surface area contributed by atoms with Crippen LogP contribution >= 0.6 is 0 Å². The fraction of sp³-hybridized carbons (Fsp3) is 0.400. The Bertz CT molecular complexity index is 1170. The summed E-state index contributed by atoms with van der Waals surface area (Å²) in [6, 6.07) is 2.93. The number of fused-ring (bicyclic) bond motifs is 3. The average Bonchev–Trinajstić information content (AvgIpc) is 3.22. The molecule has 3 aromatic rings. The van der Waals surface area contributed by atoms with Gasteiger partial charge in [0.05, 0.1) is 36.9 Å². The largest absolute Gasteiger partial charge is 0.378 e. The van der Waals surface area contributed by atoms with Crippen molar-refractivity contribution in [2.24, 2.45) is 15.9 Å².